The highest BCUT2D eigenvalue weighted by molar-refractivity contribution is 6.37. The van der Waals surface area contributed by atoms with Crippen LogP contribution in [0.3, 0.4) is 0 Å². The van der Waals surface area contributed by atoms with Crippen molar-refractivity contribution in [2.24, 2.45) is 5.92 Å². The van der Waals surface area contributed by atoms with Crippen LogP contribution in [0.1, 0.15) is 20.8 Å². The molecule has 1 aromatic heterocycles. The van der Waals surface area contributed by atoms with E-state index in [2.05, 4.69) is 36.4 Å². The van der Waals surface area contributed by atoms with Crippen molar-refractivity contribution in [3.8, 4) is 0 Å². The molecule has 0 bridgehead atoms. The van der Waals surface area contributed by atoms with Gasteiger partial charge in [0.05, 0.1) is 10.0 Å². The van der Waals surface area contributed by atoms with Gasteiger partial charge in [-0.05, 0) is 18.9 Å². The van der Waals surface area contributed by atoms with E-state index < -0.39 is 0 Å². The van der Waals surface area contributed by atoms with Gasteiger partial charge in [0.25, 0.3) is 0 Å². The molecule has 0 saturated carbocycles. The Labute approximate surface area is 107 Å². The van der Waals surface area contributed by atoms with Crippen LogP contribution < -0.4 is 10.6 Å². The van der Waals surface area contributed by atoms with Crippen LogP contribution in [0.25, 0.3) is 0 Å². The van der Waals surface area contributed by atoms with Gasteiger partial charge >= 0.3 is 0 Å². The highest BCUT2D eigenvalue weighted by Crippen LogP contribution is 2.29. The second-order valence-electron chi connectivity index (χ2n) is 4.08. The van der Waals surface area contributed by atoms with Gasteiger partial charge in [-0.15, -0.1) is 0 Å². The van der Waals surface area contributed by atoms with Crippen molar-refractivity contribution in [3.05, 3.63) is 16.1 Å². The first-order valence-corrected chi connectivity index (χ1v) is 6.01. The first kappa shape index (κ1) is 13.4. The van der Waals surface area contributed by atoms with Gasteiger partial charge in [-0.25, -0.2) is 4.98 Å². The minimum Gasteiger partial charge on any atom is -0.372 e. The molecular formula is C11H17Cl2N3. The maximum atomic E-state index is 6.07. The number of hydrogen-bond acceptors (Lipinski definition) is 3. The van der Waals surface area contributed by atoms with Gasteiger partial charge in [-0.2, -0.15) is 0 Å². The summed E-state index contributed by atoms with van der Waals surface area (Å²) in [5, 5.41) is 7.26. The second kappa shape index (κ2) is 5.60. The third-order valence-corrected chi connectivity index (χ3v) is 3.11. The lowest BCUT2D eigenvalue weighted by Crippen LogP contribution is -2.22. The standard InChI is InChI=1S/C11H17Cl2N3/c1-6(2)7(3)15-11-9(13)5-8(12)10(14-4)16-11/h5-7H,1-4H3,(H2,14,15,16). The van der Waals surface area contributed by atoms with Gasteiger partial charge in [0.2, 0.25) is 0 Å². The van der Waals surface area contributed by atoms with Gasteiger partial charge < -0.3 is 10.6 Å². The van der Waals surface area contributed by atoms with E-state index >= 15 is 0 Å². The van der Waals surface area contributed by atoms with Crippen molar-refractivity contribution in [3.63, 3.8) is 0 Å². The Bertz CT molecular complexity index is 366. The third-order valence-electron chi connectivity index (χ3n) is 2.53. The smallest absolute Gasteiger partial charge is 0.147 e. The first-order valence-electron chi connectivity index (χ1n) is 5.26. The first-order chi connectivity index (χ1) is 7.45. The van der Waals surface area contributed by atoms with Crippen LogP contribution in [0, 0.1) is 5.92 Å². The van der Waals surface area contributed by atoms with E-state index in [0.29, 0.717) is 33.6 Å². The molecule has 2 N–H and O–H groups in total. The van der Waals surface area contributed by atoms with Crippen LogP contribution in [0.5, 0.6) is 0 Å². The Hall–Kier alpha value is -0.670. The topological polar surface area (TPSA) is 37.0 Å². The molecule has 1 atom stereocenters. The molecule has 0 fully saturated rings. The average Bonchev–Trinajstić information content (AvgIpc) is 2.21. The second-order valence-corrected chi connectivity index (χ2v) is 4.89. The largest absolute Gasteiger partial charge is 0.372 e. The number of aromatic nitrogens is 1. The molecule has 0 aromatic carbocycles. The zero-order chi connectivity index (χ0) is 12.3. The van der Waals surface area contributed by atoms with Gasteiger partial charge in [0.15, 0.2) is 0 Å². The highest BCUT2D eigenvalue weighted by atomic mass is 35.5. The van der Waals surface area contributed by atoms with Crippen molar-refractivity contribution in [2.45, 2.75) is 26.8 Å². The molecule has 1 heterocycles. The minimum atomic E-state index is 0.302. The van der Waals surface area contributed by atoms with Crippen LogP contribution >= 0.6 is 23.2 Å². The quantitative estimate of drug-likeness (QED) is 0.864. The highest BCUT2D eigenvalue weighted by Gasteiger charge is 2.12. The molecule has 0 aliphatic rings. The summed E-state index contributed by atoms with van der Waals surface area (Å²) in [6, 6.07) is 1.99. The molecule has 1 rings (SSSR count). The molecule has 1 unspecified atom stereocenters. The Morgan fingerprint density at radius 3 is 2.19 bits per heavy atom. The third kappa shape index (κ3) is 3.16. The summed E-state index contributed by atoms with van der Waals surface area (Å²) >= 11 is 12.0. The summed E-state index contributed by atoms with van der Waals surface area (Å²) in [7, 11) is 1.78. The number of halogens is 2. The fraction of sp³-hybridized carbons (Fsp3) is 0.545. The SMILES string of the molecule is CNc1nc(NC(C)C(C)C)c(Cl)cc1Cl. The summed E-state index contributed by atoms with van der Waals surface area (Å²) < 4.78 is 0. The lowest BCUT2D eigenvalue weighted by atomic mass is 10.1. The van der Waals surface area contributed by atoms with E-state index in [1.165, 1.54) is 0 Å². The molecule has 5 heteroatoms. The minimum absolute atomic E-state index is 0.302. The maximum Gasteiger partial charge on any atom is 0.147 e. The number of rotatable bonds is 4. The monoisotopic (exact) mass is 261 g/mol. The maximum absolute atomic E-state index is 6.07. The average molecular weight is 262 g/mol. The molecule has 0 aliphatic carbocycles. The van der Waals surface area contributed by atoms with E-state index in [4.69, 9.17) is 23.2 Å². The van der Waals surface area contributed by atoms with Crippen molar-refractivity contribution in [1.82, 2.24) is 4.98 Å². The molecular weight excluding hydrogens is 245 g/mol. The van der Waals surface area contributed by atoms with Crippen molar-refractivity contribution >= 4 is 34.8 Å². The van der Waals surface area contributed by atoms with E-state index in [0.717, 1.165) is 0 Å². The van der Waals surface area contributed by atoms with E-state index in [1.807, 2.05) is 0 Å². The van der Waals surface area contributed by atoms with E-state index in [9.17, 15) is 0 Å². The Morgan fingerprint density at radius 2 is 1.69 bits per heavy atom. The predicted octanol–water partition coefficient (Wildman–Crippen LogP) is 3.89. The lowest BCUT2D eigenvalue weighted by Gasteiger charge is -2.19. The fourth-order valence-corrected chi connectivity index (χ4v) is 1.63. The number of nitrogens with one attached hydrogen (secondary N) is 2. The van der Waals surface area contributed by atoms with Crippen LogP contribution in [-0.4, -0.2) is 18.1 Å². The van der Waals surface area contributed by atoms with Crippen LogP contribution in [0.2, 0.25) is 10.0 Å². The molecule has 3 nitrogen and oxygen atoms in total. The summed E-state index contributed by atoms with van der Waals surface area (Å²) in [5.74, 6) is 1.80. The summed E-state index contributed by atoms with van der Waals surface area (Å²) in [5.41, 5.74) is 0. The predicted molar refractivity (Wildman–Crippen MR) is 71.7 cm³/mol. The molecule has 0 aliphatic heterocycles. The number of hydrogen-bond donors (Lipinski definition) is 2. The summed E-state index contributed by atoms with van der Waals surface area (Å²) in [6.07, 6.45) is 0. The van der Waals surface area contributed by atoms with Crippen LogP contribution in [0.4, 0.5) is 11.6 Å². The van der Waals surface area contributed by atoms with Crippen molar-refractivity contribution in [2.75, 3.05) is 17.7 Å². The molecule has 0 radical (unpaired) electrons. The lowest BCUT2D eigenvalue weighted by molar-refractivity contribution is 0.558. The Balaban J connectivity index is 2.96. The summed E-state index contributed by atoms with van der Waals surface area (Å²) in [6.45, 7) is 6.37. The zero-order valence-corrected chi connectivity index (χ0v) is 11.4. The van der Waals surface area contributed by atoms with Crippen molar-refractivity contribution < 1.29 is 0 Å². The molecule has 16 heavy (non-hydrogen) atoms. The zero-order valence-electron chi connectivity index (χ0n) is 9.94. The van der Waals surface area contributed by atoms with Gasteiger partial charge in [-0.1, -0.05) is 37.0 Å². The van der Waals surface area contributed by atoms with Gasteiger partial charge in [0, 0.05) is 13.1 Å². The number of anilines is 2. The normalized spacial score (nSPS) is 12.7. The molecule has 0 amide bonds. The molecule has 0 spiro atoms. The molecule has 1 aromatic rings. The van der Waals surface area contributed by atoms with Crippen molar-refractivity contribution in [1.29, 1.82) is 0 Å². The van der Waals surface area contributed by atoms with E-state index in [1.54, 1.807) is 13.1 Å². The fourth-order valence-electron chi connectivity index (χ4n) is 1.13. The molecule has 90 valence electrons. The van der Waals surface area contributed by atoms with Gasteiger partial charge in [-0.3, -0.25) is 0 Å². The number of nitrogens with zero attached hydrogens (tertiary/aromatic N) is 1. The number of pyridine rings is 1. The molecule has 0 saturated heterocycles. The van der Waals surface area contributed by atoms with Gasteiger partial charge in [0.1, 0.15) is 11.6 Å². The summed E-state index contributed by atoms with van der Waals surface area (Å²) in [4.78, 5) is 4.33. The van der Waals surface area contributed by atoms with E-state index in [-0.39, 0.29) is 0 Å². The Morgan fingerprint density at radius 1 is 1.12 bits per heavy atom. The Kier molecular flexibility index (Phi) is 4.69. The van der Waals surface area contributed by atoms with Crippen LogP contribution in [-0.2, 0) is 0 Å². The van der Waals surface area contributed by atoms with Crippen LogP contribution in [0.15, 0.2) is 6.07 Å².